The van der Waals surface area contributed by atoms with Crippen LogP contribution in [0.25, 0.3) is 5.65 Å². The molecule has 0 radical (unpaired) electrons. The lowest BCUT2D eigenvalue weighted by atomic mass is 10.4. The molecule has 2 rings (SSSR count). The first kappa shape index (κ1) is 11.9. The minimum atomic E-state index is -1.13. The monoisotopic (exact) mass is 250 g/mol. The van der Waals surface area contributed by atoms with Gasteiger partial charge in [-0.05, 0) is 12.1 Å². The van der Waals surface area contributed by atoms with Crippen molar-refractivity contribution in [1.29, 1.82) is 0 Å². The maximum absolute atomic E-state index is 10.8. The normalized spacial score (nSPS) is 10.4. The highest BCUT2D eigenvalue weighted by atomic mass is 16.5. The van der Waals surface area contributed by atoms with Crippen molar-refractivity contribution in [2.75, 3.05) is 6.61 Å². The summed E-state index contributed by atoms with van der Waals surface area (Å²) in [5, 5.41) is 17.3. The number of aliphatic carboxylic acids is 1. The molecular weight excluding hydrogens is 240 g/mol. The van der Waals surface area contributed by atoms with E-state index in [1.807, 2.05) is 0 Å². The maximum atomic E-state index is 10.8. The molecule has 18 heavy (non-hydrogen) atoms. The number of fused-ring (bicyclic) bond motifs is 1. The predicted octanol–water partition coefficient (Wildman–Crippen LogP) is 0.886. The van der Waals surface area contributed by atoms with Crippen molar-refractivity contribution < 1.29 is 24.5 Å². The Morgan fingerprint density at radius 3 is 2.83 bits per heavy atom. The zero-order chi connectivity index (χ0) is 13.1. The number of aromatic carboxylic acids is 1. The summed E-state index contributed by atoms with van der Waals surface area (Å²) in [6, 6.07) is 3.27. The molecule has 2 aromatic heterocycles. The third kappa shape index (κ3) is 2.40. The van der Waals surface area contributed by atoms with E-state index in [9.17, 15) is 9.59 Å². The molecule has 0 saturated heterocycles. The molecule has 94 valence electrons. The van der Waals surface area contributed by atoms with E-state index < -0.39 is 11.9 Å². The van der Waals surface area contributed by atoms with E-state index in [4.69, 9.17) is 14.9 Å². The van der Waals surface area contributed by atoms with Crippen LogP contribution in [0.5, 0.6) is 5.75 Å². The molecule has 0 aliphatic rings. The van der Waals surface area contributed by atoms with Gasteiger partial charge in [0, 0.05) is 12.4 Å². The number of carbonyl (C=O) groups is 2. The molecule has 0 atom stereocenters. The molecule has 0 bridgehead atoms. The number of carboxylic acid groups (broad SMARTS) is 2. The van der Waals surface area contributed by atoms with E-state index >= 15 is 0 Å². The molecule has 0 aliphatic carbocycles. The van der Waals surface area contributed by atoms with E-state index in [1.165, 1.54) is 10.6 Å². The number of hydrogen-bond donors (Lipinski definition) is 2. The number of imidazole rings is 1. The van der Waals surface area contributed by atoms with E-state index in [1.54, 1.807) is 18.3 Å². The van der Waals surface area contributed by atoms with Crippen LogP contribution < -0.4 is 4.74 Å². The molecule has 0 aromatic carbocycles. The van der Waals surface area contributed by atoms with Gasteiger partial charge in [-0.15, -0.1) is 0 Å². The Balaban J connectivity index is 2.27. The van der Waals surface area contributed by atoms with Gasteiger partial charge in [0.15, 0.2) is 17.1 Å². The number of carboxylic acids is 2. The lowest BCUT2D eigenvalue weighted by Gasteiger charge is -2.05. The summed E-state index contributed by atoms with van der Waals surface area (Å²) < 4.78 is 6.78. The zero-order valence-electron chi connectivity index (χ0n) is 9.24. The van der Waals surface area contributed by atoms with Crippen LogP contribution >= 0.6 is 0 Å². The van der Waals surface area contributed by atoms with Crippen molar-refractivity contribution in [2.24, 2.45) is 0 Å². The fraction of sp³-hybridized carbons (Fsp3) is 0.182. The molecule has 2 aromatic rings. The van der Waals surface area contributed by atoms with Crippen LogP contribution in [0.2, 0.25) is 0 Å². The Labute approximate surface area is 101 Å². The van der Waals surface area contributed by atoms with Crippen molar-refractivity contribution >= 4 is 17.6 Å². The highest BCUT2D eigenvalue weighted by molar-refractivity contribution is 5.86. The quantitative estimate of drug-likeness (QED) is 0.817. The summed E-state index contributed by atoms with van der Waals surface area (Å²) in [4.78, 5) is 25.1. The number of rotatable bonds is 5. The number of hydrogen-bond acceptors (Lipinski definition) is 4. The summed E-state index contributed by atoms with van der Waals surface area (Å²) in [6.07, 6.45) is 2.87. The van der Waals surface area contributed by atoms with Gasteiger partial charge in [-0.2, -0.15) is 0 Å². The van der Waals surface area contributed by atoms with Crippen LogP contribution in [-0.2, 0) is 4.79 Å². The Kier molecular flexibility index (Phi) is 3.13. The molecule has 7 heteroatoms. The van der Waals surface area contributed by atoms with Gasteiger partial charge in [0.2, 0.25) is 0 Å². The SMILES string of the molecule is O=C(O)CCOc1cccn2cc(C(=O)O)nc12. The topological polar surface area (TPSA) is 101 Å². The first-order valence-corrected chi connectivity index (χ1v) is 5.13. The largest absolute Gasteiger partial charge is 0.489 e. The standard InChI is InChI=1S/C11H10N2O5/c14-9(15)3-5-18-8-2-1-4-13-6-7(11(16)17)12-10(8)13/h1-2,4,6H,3,5H2,(H,14,15)(H,16,17). The van der Waals surface area contributed by atoms with Crippen LogP contribution in [0, 0.1) is 0 Å². The second kappa shape index (κ2) is 4.74. The lowest BCUT2D eigenvalue weighted by Crippen LogP contribution is -2.05. The predicted molar refractivity (Wildman–Crippen MR) is 59.9 cm³/mol. The summed E-state index contributed by atoms with van der Waals surface area (Å²) in [7, 11) is 0. The minimum Gasteiger partial charge on any atom is -0.489 e. The van der Waals surface area contributed by atoms with Gasteiger partial charge >= 0.3 is 11.9 Å². The molecule has 0 amide bonds. The van der Waals surface area contributed by atoms with Gasteiger partial charge in [-0.1, -0.05) is 0 Å². The minimum absolute atomic E-state index is 0.00424. The Morgan fingerprint density at radius 1 is 1.39 bits per heavy atom. The first-order valence-electron chi connectivity index (χ1n) is 5.13. The van der Waals surface area contributed by atoms with Crippen LogP contribution in [0.1, 0.15) is 16.9 Å². The fourth-order valence-electron chi connectivity index (χ4n) is 1.45. The second-order valence-corrected chi connectivity index (χ2v) is 3.53. The third-order valence-electron chi connectivity index (χ3n) is 2.24. The molecule has 0 fully saturated rings. The summed E-state index contributed by atoms with van der Waals surface area (Å²) in [6.45, 7) is 0.00424. The maximum Gasteiger partial charge on any atom is 0.356 e. The van der Waals surface area contributed by atoms with Gasteiger partial charge in [-0.3, -0.25) is 4.79 Å². The number of nitrogens with zero attached hydrogens (tertiary/aromatic N) is 2. The molecule has 0 aliphatic heterocycles. The van der Waals surface area contributed by atoms with E-state index in [-0.39, 0.29) is 18.7 Å². The van der Waals surface area contributed by atoms with Crippen molar-refractivity contribution in [1.82, 2.24) is 9.38 Å². The lowest BCUT2D eigenvalue weighted by molar-refractivity contribution is -0.137. The number of aromatic nitrogens is 2. The number of pyridine rings is 1. The molecule has 2 N–H and O–H groups in total. The van der Waals surface area contributed by atoms with Gasteiger partial charge in [0.05, 0.1) is 13.0 Å². The van der Waals surface area contributed by atoms with Crippen LogP contribution in [-0.4, -0.2) is 38.1 Å². The van der Waals surface area contributed by atoms with Gasteiger partial charge in [-0.25, -0.2) is 9.78 Å². The molecule has 0 spiro atoms. The third-order valence-corrected chi connectivity index (χ3v) is 2.24. The smallest absolute Gasteiger partial charge is 0.356 e. The van der Waals surface area contributed by atoms with Gasteiger partial charge in [0.25, 0.3) is 0 Å². The molecule has 0 saturated carbocycles. The van der Waals surface area contributed by atoms with Gasteiger partial charge < -0.3 is 19.4 Å². The highest BCUT2D eigenvalue weighted by Gasteiger charge is 2.12. The van der Waals surface area contributed by atoms with E-state index in [0.717, 1.165) is 0 Å². The second-order valence-electron chi connectivity index (χ2n) is 3.53. The summed E-state index contributed by atoms with van der Waals surface area (Å²) in [5.41, 5.74) is 0.254. The Morgan fingerprint density at radius 2 is 2.17 bits per heavy atom. The number of ether oxygens (including phenoxy) is 1. The van der Waals surface area contributed by atoms with Crippen molar-refractivity contribution in [2.45, 2.75) is 6.42 Å². The van der Waals surface area contributed by atoms with E-state index in [0.29, 0.717) is 11.4 Å². The average Bonchev–Trinajstić information content (AvgIpc) is 2.73. The van der Waals surface area contributed by atoms with Crippen LogP contribution in [0.4, 0.5) is 0 Å². The molecule has 2 heterocycles. The summed E-state index contributed by atoms with van der Waals surface area (Å²) in [5.74, 6) is -1.74. The Bertz CT molecular complexity index is 604. The van der Waals surface area contributed by atoms with Gasteiger partial charge in [0.1, 0.15) is 0 Å². The van der Waals surface area contributed by atoms with E-state index in [2.05, 4.69) is 4.98 Å². The highest BCUT2D eigenvalue weighted by Crippen LogP contribution is 2.19. The molecular formula is C11H10N2O5. The molecule has 7 nitrogen and oxygen atoms in total. The average molecular weight is 250 g/mol. The fourth-order valence-corrected chi connectivity index (χ4v) is 1.45. The van der Waals surface area contributed by atoms with Crippen molar-refractivity contribution in [3.8, 4) is 5.75 Å². The Hall–Kier alpha value is -2.57. The van der Waals surface area contributed by atoms with Crippen molar-refractivity contribution in [3.05, 3.63) is 30.2 Å². The molecule has 0 unspecified atom stereocenters. The van der Waals surface area contributed by atoms with Crippen LogP contribution in [0.3, 0.4) is 0 Å². The first-order chi connectivity index (χ1) is 8.58. The van der Waals surface area contributed by atoms with Crippen molar-refractivity contribution in [3.63, 3.8) is 0 Å². The summed E-state index contributed by atoms with van der Waals surface area (Å²) >= 11 is 0. The zero-order valence-corrected chi connectivity index (χ0v) is 9.24. The van der Waals surface area contributed by atoms with Crippen LogP contribution in [0.15, 0.2) is 24.5 Å².